The van der Waals surface area contributed by atoms with E-state index in [2.05, 4.69) is 10.6 Å². The second-order valence-electron chi connectivity index (χ2n) is 4.48. The summed E-state index contributed by atoms with van der Waals surface area (Å²) in [5.74, 6) is 0.581. The van der Waals surface area contributed by atoms with Crippen molar-refractivity contribution in [2.45, 2.75) is 25.9 Å². The third-order valence-corrected chi connectivity index (χ3v) is 3.27. The van der Waals surface area contributed by atoms with Gasteiger partial charge in [-0.15, -0.1) is 0 Å². The van der Waals surface area contributed by atoms with Gasteiger partial charge in [0.2, 0.25) is 5.91 Å². The zero-order chi connectivity index (χ0) is 13.8. The molecule has 1 amide bonds. The summed E-state index contributed by atoms with van der Waals surface area (Å²) < 4.78 is 5.22. The molecule has 0 atom stereocenters. The Morgan fingerprint density at radius 1 is 1.44 bits per heavy atom. The van der Waals surface area contributed by atoms with Crippen LogP contribution in [0.2, 0.25) is 5.02 Å². The van der Waals surface area contributed by atoms with Gasteiger partial charge in [0.25, 0.3) is 0 Å². The number of likely N-dealkylation sites (N-methyl/N-ethyl adjacent to an activating group) is 1. The Hall–Kier alpha value is -1.26. The highest BCUT2D eigenvalue weighted by Gasteiger charge is 2.25. The Morgan fingerprint density at radius 2 is 2.11 bits per heavy atom. The van der Waals surface area contributed by atoms with Crippen LogP contribution in [-0.4, -0.2) is 25.6 Å². The van der Waals surface area contributed by atoms with Gasteiger partial charge in [0.1, 0.15) is 5.75 Å². The van der Waals surface area contributed by atoms with Crippen molar-refractivity contribution in [3.8, 4) is 5.75 Å². The number of carbonyl (C=O) groups is 1. The molecule has 4 nitrogen and oxygen atoms in total. The predicted octanol–water partition coefficient (Wildman–Crippen LogP) is 1.96. The van der Waals surface area contributed by atoms with Crippen LogP contribution >= 0.6 is 11.6 Å². The molecule has 2 N–H and O–H groups in total. The normalized spacial score (nSPS) is 11.2. The fourth-order valence-electron chi connectivity index (χ4n) is 1.40. The van der Waals surface area contributed by atoms with Crippen LogP contribution in [0.25, 0.3) is 0 Å². The monoisotopic (exact) mass is 270 g/mol. The molecule has 1 rings (SSSR count). The number of amides is 1. The summed E-state index contributed by atoms with van der Waals surface area (Å²) in [6.45, 7) is 3.96. The minimum Gasteiger partial charge on any atom is -0.496 e. The topological polar surface area (TPSA) is 50.4 Å². The molecule has 0 aliphatic rings. The van der Waals surface area contributed by atoms with Crippen LogP contribution in [0.1, 0.15) is 19.4 Å². The predicted molar refractivity (Wildman–Crippen MR) is 73.0 cm³/mol. The average Bonchev–Trinajstić information content (AvgIpc) is 2.36. The first-order chi connectivity index (χ1) is 8.42. The Kier molecular flexibility index (Phi) is 4.99. The summed E-state index contributed by atoms with van der Waals surface area (Å²) in [6, 6.07) is 5.40. The lowest BCUT2D eigenvalue weighted by molar-refractivity contribution is -0.126. The molecular formula is C13H19ClN2O2. The number of rotatable bonds is 5. The second kappa shape index (κ2) is 6.07. The van der Waals surface area contributed by atoms with E-state index in [1.165, 1.54) is 0 Å². The van der Waals surface area contributed by atoms with E-state index in [4.69, 9.17) is 16.3 Å². The van der Waals surface area contributed by atoms with Crippen LogP contribution in [0, 0.1) is 0 Å². The number of nitrogens with one attached hydrogen (secondary N) is 2. The van der Waals surface area contributed by atoms with Gasteiger partial charge in [-0.1, -0.05) is 17.7 Å². The summed E-state index contributed by atoms with van der Waals surface area (Å²) in [6.07, 6.45) is 0. The first kappa shape index (κ1) is 14.8. The summed E-state index contributed by atoms with van der Waals surface area (Å²) in [4.78, 5) is 11.9. The molecule has 0 heterocycles. The highest BCUT2D eigenvalue weighted by Crippen LogP contribution is 2.25. The maximum absolute atomic E-state index is 11.9. The van der Waals surface area contributed by atoms with E-state index in [0.29, 0.717) is 17.3 Å². The maximum Gasteiger partial charge on any atom is 0.239 e. The van der Waals surface area contributed by atoms with E-state index in [-0.39, 0.29) is 5.91 Å². The molecule has 0 radical (unpaired) electrons. The van der Waals surface area contributed by atoms with E-state index < -0.39 is 5.54 Å². The Morgan fingerprint density at radius 3 is 2.67 bits per heavy atom. The third kappa shape index (κ3) is 3.37. The number of benzene rings is 1. The highest BCUT2D eigenvalue weighted by molar-refractivity contribution is 6.31. The minimum atomic E-state index is -0.617. The summed E-state index contributed by atoms with van der Waals surface area (Å²) in [5.41, 5.74) is 0.163. The Labute approximate surface area is 113 Å². The molecule has 0 fully saturated rings. The Balaban J connectivity index is 2.78. The standard InChI is InChI=1S/C13H19ClN2O2/c1-13(2,15-3)12(17)16-8-9-10(14)6-5-7-11(9)18-4/h5-7,15H,8H2,1-4H3,(H,16,17). The van der Waals surface area contributed by atoms with Crippen molar-refractivity contribution < 1.29 is 9.53 Å². The second-order valence-corrected chi connectivity index (χ2v) is 4.89. The molecule has 1 aromatic carbocycles. The van der Waals surface area contributed by atoms with Gasteiger partial charge in [0.05, 0.1) is 12.6 Å². The number of hydrogen-bond acceptors (Lipinski definition) is 3. The fraction of sp³-hybridized carbons (Fsp3) is 0.462. The summed E-state index contributed by atoms with van der Waals surface area (Å²) >= 11 is 6.09. The van der Waals surface area contributed by atoms with Crippen LogP contribution in [0.3, 0.4) is 0 Å². The molecule has 0 bridgehead atoms. The first-order valence-electron chi connectivity index (χ1n) is 5.71. The molecule has 0 aliphatic carbocycles. The molecular weight excluding hydrogens is 252 g/mol. The fourth-order valence-corrected chi connectivity index (χ4v) is 1.64. The molecule has 0 aliphatic heterocycles. The van der Waals surface area contributed by atoms with Crippen LogP contribution in [0.15, 0.2) is 18.2 Å². The van der Waals surface area contributed by atoms with Crippen LogP contribution in [0.5, 0.6) is 5.75 Å². The molecule has 5 heteroatoms. The van der Waals surface area contributed by atoms with Crippen molar-refractivity contribution in [3.05, 3.63) is 28.8 Å². The van der Waals surface area contributed by atoms with Crippen LogP contribution < -0.4 is 15.4 Å². The number of hydrogen-bond donors (Lipinski definition) is 2. The van der Waals surface area contributed by atoms with Gasteiger partial charge in [0.15, 0.2) is 0 Å². The lowest BCUT2D eigenvalue weighted by atomic mass is 10.0. The van der Waals surface area contributed by atoms with E-state index in [9.17, 15) is 4.79 Å². The van der Waals surface area contributed by atoms with Crippen LogP contribution in [-0.2, 0) is 11.3 Å². The van der Waals surface area contributed by atoms with Crippen LogP contribution in [0.4, 0.5) is 0 Å². The van der Waals surface area contributed by atoms with Gasteiger partial charge >= 0.3 is 0 Å². The number of ether oxygens (including phenoxy) is 1. The molecule has 0 spiro atoms. The highest BCUT2D eigenvalue weighted by atomic mass is 35.5. The van der Waals surface area contributed by atoms with Gasteiger partial charge in [-0.2, -0.15) is 0 Å². The zero-order valence-corrected chi connectivity index (χ0v) is 11.9. The van der Waals surface area contributed by atoms with Crippen molar-refractivity contribution in [2.24, 2.45) is 0 Å². The molecule has 1 aromatic rings. The average molecular weight is 271 g/mol. The van der Waals surface area contributed by atoms with E-state index in [1.54, 1.807) is 20.2 Å². The van der Waals surface area contributed by atoms with Crippen molar-refractivity contribution >= 4 is 17.5 Å². The van der Waals surface area contributed by atoms with Crippen molar-refractivity contribution in [1.82, 2.24) is 10.6 Å². The number of methoxy groups -OCH3 is 1. The molecule has 18 heavy (non-hydrogen) atoms. The van der Waals surface area contributed by atoms with Crippen molar-refractivity contribution in [2.75, 3.05) is 14.2 Å². The SMILES string of the molecule is CNC(C)(C)C(=O)NCc1c(Cl)cccc1OC. The first-order valence-corrected chi connectivity index (χ1v) is 6.08. The van der Waals surface area contributed by atoms with E-state index in [1.807, 2.05) is 26.0 Å². The van der Waals surface area contributed by atoms with E-state index >= 15 is 0 Å². The van der Waals surface area contributed by atoms with Gasteiger partial charge in [0, 0.05) is 17.1 Å². The minimum absolute atomic E-state index is 0.0908. The lowest BCUT2D eigenvalue weighted by Gasteiger charge is -2.23. The number of carbonyl (C=O) groups excluding carboxylic acids is 1. The van der Waals surface area contributed by atoms with Gasteiger partial charge in [-0.25, -0.2) is 0 Å². The Bertz CT molecular complexity index is 433. The zero-order valence-electron chi connectivity index (χ0n) is 11.1. The van der Waals surface area contributed by atoms with Gasteiger partial charge < -0.3 is 15.4 Å². The largest absolute Gasteiger partial charge is 0.496 e. The maximum atomic E-state index is 11.9. The summed E-state index contributed by atoms with van der Waals surface area (Å²) in [5, 5.41) is 6.36. The lowest BCUT2D eigenvalue weighted by Crippen LogP contribution is -2.50. The van der Waals surface area contributed by atoms with Gasteiger partial charge in [-0.05, 0) is 33.0 Å². The molecule has 100 valence electrons. The number of halogens is 1. The molecule has 0 saturated carbocycles. The van der Waals surface area contributed by atoms with Crippen molar-refractivity contribution in [3.63, 3.8) is 0 Å². The van der Waals surface area contributed by atoms with Crippen molar-refractivity contribution in [1.29, 1.82) is 0 Å². The quantitative estimate of drug-likeness (QED) is 0.860. The van der Waals surface area contributed by atoms with E-state index in [0.717, 1.165) is 5.56 Å². The third-order valence-electron chi connectivity index (χ3n) is 2.91. The molecule has 0 unspecified atom stereocenters. The molecule has 0 saturated heterocycles. The summed E-state index contributed by atoms with van der Waals surface area (Å²) in [7, 11) is 3.32. The molecule has 0 aromatic heterocycles. The smallest absolute Gasteiger partial charge is 0.239 e. The van der Waals surface area contributed by atoms with Gasteiger partial charge in [-0.3, -0.25) is 4.79 Å².